The predicted molar refractivity (Wildman–Crippen MR) is 82.2 cm³/mol. The molecular weight excluding hydrogens is 234 g/mol. The van der Waals surface area contributed by atoms with Crippen LogP contribution < -0.4 is 16.4 Å². The lowest BCUT2D eigenvalue weighted by molar-refractivity contribution is 0.0675. The van der Waals surface area contributed by atoms with Crippen molar-refractivity contribution in [2.75, 3.05) is 6.54 Å². The van der Waals surface area contributed by atoms with Crippen molar-refractivity contribution in [2.45, 2.75) is 72.8 Å². The third kappa shape index (κ3) is 5.14. The SMILES string of the molecule is CCCC1CC(C)(C(C)(C)C)CCC#CCNNN1. The fraction of sp³-hybridized carbons (Fsp3) is 0.875. The average molecular weight is 265 g/mol. The molecule has 0 spiro atoms. The molecule has 3 nitrogen and oxygen atoms in total. The van der Waals surface area contributed by atoms with Crippen LogP contribution >= 0.6 is 0 Å². The van der Waals surface area contributed by atoms with Crippen LogP contribution in [-0.4, -0.2) is 12.6 Å². The van der Waals surface area contributed by atoms with Crippen molar-refractivity contribution in [3.63, 3.8) is 0 Å². The second kappa shape index (κ2) is 7.28. The summed E-state index contributed by atoms with van der Waals surface area (Å²) in [5.41, 5.74) is 10.2. The molecule has 110 valence electrons. The molecule has 0 aliphatic carbocycles. The number of hydrogen-bond acceptors (Lipinski definition) is 3. The van der Waals surface area contributed by atoms with Gasteiger partial charge in [-0.25, -0.2) is 10.9 Å². The van der Waals surface area contributed by atoms with Gasteiger partial charge in [-0.15, -0.1) is 5.92 Å². The molecule has 1 heterocycles. The lowest BCUT2D eigenvalue weighted by Gasteiger charge is -2.44. The van der Waals surface area contributed by atoms with Crippen molar-refractivity contribution < 1.29 is 0 Å². The number of rotatable bonds is 2. The minimum absolute atomic E-state index is 0.295. The molecule has 3 N–H and O–H groups in total. The minimum Gasteiger partial charge on any atom is -0.241 e. The van der Waals surface area contributed by atoms with Crippen molar-refractivity contribution in [3.05, 3.63) is 0 Å². The molecular formula is C16H31N3. The maximum absolute atomic E-state index is 3.42. The van der Waals surface area contributed by atoms with Gasteiger partial charge in [0.1, 0.15) is 0 Å². The minimum atomic E-state index is 0.295. The first-order chi connectivity index (χ1) is 8.89. The molecule has 1 aliphatic rings. The van der Waals surface area contributed by atoms with E-state index in [4.69, 9.17) is 0 Å². The number of nitrogens with one attached hydrogen (secondary N) is 3. The second-order valence-electron chi connectivity index (χ2n) is 6.98. The normalized spacial score (nSPS) is 30.1. The first-order valence-electron chi connectivity index (χ1n) is 7.58. The van der Waals surface area contributed by atoms with Gasteiger partial charge in [0.2, 0.25) is 0 Å². The summed E-state index contributed by atoms with van der Waals surface area (Å²) >= 11 is 0. The molecule has 0 bridgehead atoms. The van der Waals surface area contributed by atoms with Crippen LogP contribution in [0.25, 0.3) is 0 Å². The van der Waals surface area contributed by atoms with Crippen LogP contribution in [0.4, 0.5) is 0 Å². The van der Waals surface area contributed by atoms with Crippen LogP contribution in [0.15, 0.2) is 0 Å². The predicted octanol–water partition coefficient (Wildman–Crippen LogP) is 2.99. The maximum atomic E-state index is 3.42. The van der Waals surface area contributed by atoms with Crippen LogP contribution in [0.3, 0.4) is 0 Å². The summed E-state index contributed by atoms with van der Waals surface area (Å²) < 4.78 is 0. The first-order valence-corrected chi connectivity index (χ1v) is 7.58. The first kappa shape index (κ1) is 16.5. The third-order valence-electron chi connectivity index (χ3n) is 4.61. The van der Waals surface area contributed by atoms with Gasteiger partial charge in [0.05, 0.1) is 6.54 Å². The zero-order valence-corrected chi connectivity index (χ0v) is 13.3. The summed E-state index contributed by atoms with van der Waals surface area (Å²) in [6.07, 6.45) is 5.75. The molecule has 0 fully saturated rings. The molecule has 0 radical (unpaired) electrons. The summed E-state index contributed by atoms with van der Waals surface area (Å²) in [5, 5.41) is 0. The number of hydrogen-bond donors (Lipinski definition) is 3. The van der Waals surface area contributed by atoms with E-state index in [-0.39, 0.29) is 0 Å². The van der Waals surface area contributed by atoms with Crippen LogP contribution in [0.1, 0.15) is 66.7 Å². The van der Waals surface area contributed by atoms with Gasteiger partial charge in [-0.3, -0.25) is 0 Å². The van der Waals surface area contributed by atoms with Crippen molar-refractivity contribution in [3.8, 4) is 11.8 Å². The maximum Gasteiger partial charge on any atom is 0.0725 e. The van der Waals surface area contributed by atoms with Gasteiger partial charge in [-0.2, -0.15) is 5.53 Å². The highest BCUT2D eigenvalue weighted by atomic mass is 15.6. The van der Waals surface area contributed by atoms with Crippen molar-refractivity contribution in [1.82, 2.24) is 16.4 Å². The van der Waals surface area contributed by atoms with Gasteiger partial charge in [-0.05, 0) is 30.1 Å². The van der Waals surface area contributed by atoms with Gasteiger partial charge >= 0.3 is 0 Å². The molecule has 0 saturated carbocycles. The molecule has 2 atom stereocenters. The Morgan fingerprint density at radius 1 is 1.26 bits per heavy atom. The Kier molecular flexibility index (Phi) is 6.32. The summed E-state index contributed by atoms with van der Waals surface area (Å²) in [5.74, 6) is 6.43. The molecule has 0 aromatic rings. The molecule has 0 aromatic carbocycles. The van der Waals surface area contributed by atoms with Crippen LogP contribution in [0.2, 0.25) is 0 Å². The zero-order valence-electron chi connectivity index (χ0n) is 13.3. The van der Waals surface area contributed by atoms with Gasteiger partial charge in [0, 0.05) is 12.5 Å². The van der Waals surface area contributed by atoms with Crippen LogP contribution in [0.5, 0.6) is 0 Å². The van der Waals surface area contributed by atoms with E-state index in [0.29, 0.717) is 23.4 Å². The average Bonchev–Trinajstić information content (AvgIpc) is 2.34. The van der Waals surface area contributed by atoms with Gasteiger partial charge in [0.25, 0.3) is 0 Å². The quantitative estimate of drug-likeness (QED) is 0.672. The largest absolute Gasteiger partial charge is 0.241 e. The van der Waals surface area contributed by atoms with E-state index in [1.807, 2.05) is 0 Å². The van der Waals surface area contributed by atoms with Gasteiger partial charge in [-0.1, -0.05) is 47.0 Å². The van der Waals surface area contributed by atoms with Gasteiger partial charge < -0.3 is 0 Å². The lowest BCUT2D eigenvalue weighted by Crippen LogP contribution is -2.51. The van der Waals surface area contributed by atoms with E-state index >= 15 is 0 Å². The van der Waals surface area contributed by atoms with Crippen LogP contribution in [0, 0.1) is 22.7 Å². The Hall–Kier alpha value is -0.560. The van der Waals surface area contributed by atoms with E-state index in [9.17, 15) is 0 Å². The van der Waals surface area contributed by atoms with Crippen LogP contribution in [-0.2, 0) is 0 Å². The summed E-state index contributed by atoms with van der Waals surface area (Å²) in [7, 11) is 0. The van der Waals surface area contributed by atoms with Gasteiger partial charge in [0.15, 0.2) is 0 Å². The molecule has 0 aromatic heterocycles. The van der Waals surface area contributed by atoms with Crippen molar-refractivity contribution >= 4 is 0 Å². The lowest BCUT2D eigenvalue weighted by atomic mass is 9.62. The Morgan fingerprint density at radius 3 is 2.63 bits per heavy atom. The molecule has 0 amide bonds. The van der Waals surface area contributed by atoms with E-state index < -0.39 is 0 Å². The van der Waals surface area contributed by atoms with E-state index in [0.717, 1.165) is 6.42 Å². The summed E-state index contributed by atoms with van der Waals surface area (Å²) in [4.78, 5) is 0. The molecule has 2 unspecified atom stereocenters. The summed E-state index contributed by atoms with van der Waals surface area (Å²) in [6, 6.07) is 0.500. The highest BCUT2D eigenvalue weighted by molar-refractivity contribution is 5.03. The van der Waals surface area contributed by atoms with E-state index in [1.54, 1.807) is 0 Å². The monoisotopic (exact) mass is 265 g/mol. The van der Waals surface area contributed by atoms with E-state index in [2.05, 4.69) is 62.8 Å². The molecule has 1 rings (SSSR count). The second-order valence-corrected chi connectivity index (χ2v) is 6.98. The Balaban J connectivity index is 2.84. The number of hydrazine groups is 2. The topological polar surface area (TPSA) is 36.1 Å². The zero-order chi connectivity index (χ0) is 14.4. The highest BCUT2D eigenvalue weighted by Gasteiger charge is 2.38. The summed E-state index contributed by atoms with van der Waals surface area (Å²) in [6.45, 7) is 12.4. The molecule has 3 heteroatoms. The highest BCUT2D eigenvalue weighted by Crippen LogP contribution is 2.46. The standard InChI is InChI=1S/C16H31N3/c1-6-10-14-13-16(5,15(2,3)4)11-8-7-9-12-17-19-18-14/h14,17-19H,6,8,10-13H2,1-5H3. The molecule has 0 saturated heterocycles. The third-order valence-corrected chi connectivity index (χ3v) is 4.61. The molecule has 1 aliphatic heterocycles. The fourth-order valence-electron chi connectivity index (χ4n) is 2.63. The molecule has 19 heavy (non-hydrogen) atoms. The Bertz CT molecular complexity index is 321. The Morgan fingerprint density at radius 2 is 2.00 bits per heavy atom. The van der Waals surface area contributed by atoms with Crippen molar-refractivity contribution in [1.29, 1.82) is 0 Å². The van der Waals surface area contributed by atoms with E-state index in [1.165, 1.54) is 25.7 Å². The smallest absolute Gasteiger partial charge is 0.0725 e. The fourth-order valence-corrected chi connectivity index (χ4v) is 2.63. The Labute approximate surface area is 119 Å². The van der Waals surface area contributed by atoms with Crippen molar-refractivity contribution in [2.24, 2.45) is 10.8 Å².